The fourth-order valence-corrected chi connectivity index (χ4v) is 0. The van der Waals surface area contributed by atoms with Crippen LogP contribution in [0.5, 0.6) is 0 Å². The summed E-state index contributed by atoms with van der Waals surface area (Å²) in [6.07, 6.45) is 1.44. The van der Waals surface area contributed by atoms with E-state index in [1.165, 1.54) is 0 Å². The van der Waals surface area contributed by atoms with Gasteiger partial charge in [0.1, 0.15) is 0 Å². The maximum absolute atomic E-state index is 9.14. The van der Waals surface area contributed by atoms with Gasteiger partial charge in [0.2, 0.25) is 0 Å². The van der Waals surface area contributed by atoms with Crippen molar-refractivity contribution < 1.29 is 84.4 Å². The molecule has 0 saturated heterocycles. The Balaban J connectivity index is -0.0000000267. The van der Waals surface area contributed by atoms with Crippen molar-refractivity contribution in [2.24, 2.45) is 0 Å². The molecule has 13 heavy (non-hydrogen) atoms. The molecule has 0 aliphatic carbocycles. The first kappa shape index (κ1) is 29.2. The summed E-state index contributed by atoms with van der Waals surface area (Å²) in [6, 6.07) is 0. The Hall–Kier alpha value is 0.380. The summed E-state index contributed by atoms with van der Waals surface area (Å²) in [5.41, 5.74) is 0. The van der Waals surface area contributed by atoms with Crippen LogP contribution in [0.4, 0.5) is 0 Å². The average Bonchev–Trinajstić information content (AvgIpc) is 1.89. The second-order valence-electron chi connectivity index (χ2n) is 1.05. The number of hydrogen-bond acceptors (Lipinski definition) is 4. The largest absolute Gasteiger partial charge is 1.00 e. The van der Waals surface area contributed by atoms with Gasteiger partial charge in [0, 0.05) is 0 Å². The van der Waals surface area contributed by atoms with E-state index in [0.717, 1.165) is 12.2 Å². The number of carboxylic acids is 2. The van der Waals surface area contributed by atoms with E-state index in [1.54, 1.807) is 0 Å². The van der Waals surface area contributed by atoms with Gasteiger partial charge >= 0.3 is 59.1 Å². The van der Waals surface area contributed by atoms with Gasteiger partial charge in [-0.25, -0.2) is 0 Å². The van der Waals surface area contributed by atoms with Crippen LogP contribution in [0.2, 0.25) is 0 Å². The molecule has 0 rings (SSSR count). The fourth-order valence-electron chi connectivity index (χ4n) is 0. The molecular formula is C6H8Na2O5. The first-order chi connectivity index (χ1) is 4.54. The van der Waals surface area contributed by atoms with Gasteiger partial charge in [0.15, 0.2) is 0 Å². The molecule has 7 heteroatoms. The minimum atomic E-state index is -1.23. The molecule has 0 heterocycles. The molecule has 0 aromatic rings. The molecule has 0 radical (unpaired) electrons. The van der Waals surface area contributed by atoms with E-state index in [-0.39, 0.29) is 64.6 Å². The zero-order valence-electron chi connectivity index (χ0n) is 7.70. The van der Waals surface area contributed by atoms with Crippen LogP contribution in [0.3, 0.4) is 0 Å². The topological polar surface area (TPSA) is 112 Å². The van der Waals surface area contributed by atoms with Gasteiger partial charge in [0.25, 0.3) is 0 Å². The molecule has 0 unspecified atom stereocenters. The van der Waals surface area contributed by atoms with Crippen molar-refractivity contribution in [1.82, 2.24) is 0 Å². The minimum Gasteiger partial charge on any atom is -0.545 e. The Morgan fingerprint density at radius 3 is 1.00 bits per heavy atom. The Labute approximate surface area is 120 Å². The van der Waals surface area contributed by atoms with Crippen molar-refractivity contribution >= 4 is 11.9 Å². The zero-order chi connectivity index (χ0) is 8.57. The molecule has 0 aromatic carbocycles. The van der Waals surface area contributed by atoms with Crippen LogP contribution in [0.25, 0.3) is 0 Å². The third-order valence-electron chi connectivity index (χ3n) is 0.333. The van der Waals surface area contributed by atoms with Crippen LogP contribution in [0.15, 0.2) is 25.3 Å². The van der Waals surface area contributed by atoms with Crippen molar-refractivity contribution in [3.8, 4) is 0 Å². The zero-order valence-corrected chi connectivity index (χ0v) is 11.7. The summed E-state index contributed by atoms with van der Waals surface area (Å²) in [7, 11) is 0. The Bertz CT molecular complexity index is 139. The number of rotatable bonds is 2. The number of hydrogen-bond donors (Lipinski definition) is 0. The van der Waals surface area contributed by atoms with Gasteiger partial charge in [-0.05, 0) is 12.2 Å². The maximum Gasteiger partial charge on any atom is 1.00 e. The van der Waals surface area contributed by atoms with E-state index in [0.29, 0.717) is 0 Å². The van der Waals surface area contributed by atoms with E-state index >= 15 is 0 Å². The second-order valence-corrected chi connectivity index (χ2v) is 1.05. The Kier molecular flexibility index (Phi) is 51.3. The van der Waals surface area contributed by atoms with Crippen molar-refractivity contribution in [2.45, 2.75) is 0 Å². The molecule has 0 amide bonds. The van der Waals surface area contributed by atoms with E-state index in [9.17, 15) is 0 Å². The molecule has 0 saturated carbocycles. The second kappa shape index (κ2) is 22.8. The Morgan fingerprint density at radius 2 is 1.00 bits per heavy atom. The first-order valence-electron chi connectivity index (χ1n) is 2.21. The summed E-state index contributed by atoms with van der Waals surface area (Å²) < 4.78 is 0. The first-order valence-corrected chi connectivity index (χ1v) is 2.21. The van der Waals surface area contributed by atoms with Gasteiger partial charge < -0.3 is 25.3 Å². The minimum absolute atomic E-state index is 0. The molecule has 0 aliphatic rings. The normalized spacial score (nSPS) is 4.92. The van der Waals surface area contributed by atoms with Crippen LogP contribution in [-0.2, 0) is 9.59 Å². The molecule has 5 nitrogen and oxygen atoms in total. The summed E-state index contributed by atoms with van der Waals surface area (Å²) in [4.78, 5) is 18.3. The summed E-state index contributed by atoms with van der Waals surface area (Å²) in [6.45, 7) is 5.80. The van der Waals surface area contributed by atoms with Gasteiger partial charge in [0.05, 0.1) is 11.9 Å². The third-order valence-corrected chi connectivity index (χ3v) is 0.333. The molecule has 2 N–H and O–H groups in total. The van der Waals surface area contributed by atoms with Crippen molar-refractivity contribution in [3.63, 3.8) is 0 Å². The quantitative estimate of drug-likeness (QED) is 0.329. The molecule has 0 atom stereocenters. The molecule has 0 fully saturated rings. The average molecular weight is 206 g/mol. The van der Waals surface area contributed by atoms with Crippen molar-refractivity contribution in [2.75, 3.05) is 0 Å². The number of carbonyl (C=O) groups excluding carboxylic acids is 2. The summed E-state index contributed by atoms with van der Waals surface area (Å²) in [5, 5.41) is 18.3. The van der Waals surface area contributed by atoms with Crippen LogP contribution in [0.1, 0.15) is 0 Å². The van der Waals surface area contributed by atoms with E-state index in [4.69, 9.17) is 19.8 Å². The maximum atomic E-state index is 9.14. The van der Waals surface area contributed by atoms with Gasteiger partial charge in [-0.1, -0.05) is 13.2 Å². The smallest absolute Gasteiger partial charge is 0.545 e. The van der Waals surface area contributed by atoms with E-state index in [2.05, 4.69) is 13.2 Å². The number of carboxylic acid groups (broad SMARTS) is 2. The fraction of sp³-hybridized carbons (Fsp3) is 0. The third kappa shape index (κ3) is 69.5. The molecular weight excluding hydrogens is 198 g/mol. The van der Waals surface area contributed by atoms with E-state index < -0.39 is 11.9 Å². The molecule has 0 aliphatic heterocycles. The van der Waals surface area contributed by atoms with E-state index in [1.807, 2.05) is 0 Å². The van der Waals surface area contributed by atoms with Gasteiger partial charge in [-0.15, -0.1) is 0 Å². The summed E-state index contributed by atoms with van der Waals surface area (Å²) >= 11 is 0. The van der Waals surface area contributed by atoms with Gasteiger partial charge in [-0.3, -0.25) is 0 Å². The predicted molar refractivity (Wildman–Crippen MR) is 34.0 cm³/mol. The summed E-state index contributed by atoms with van der Waals surface area (Å²) in [5.74, 6) is -2.46. The predicted octanol–water partition coefficient (Wildman–Crippen LogP) is -8.97. The SMILES string of the molecule is C=CC(=O)[O-].C=CC(=O)[O-].O.[Na+].[Na+]. The van der Waals surface area contributed by atoms with Crippen molar-refractivity contribution in [3.05, 3.63) is 25.3 Å². The van der Waals surface area contributed by atoms with Crippen LogP contribution < -0.4 is 69.3 Å². The standard InChI is InChI=1S/2C3H4O2.2Na.H2O/c2*1-2-3(4)5;;;/h2*2H,1H2,(H,4,5);;;1H2/q;;2*+1;/p-2. The van der Waals surface area contributed by atoms with Crippen LogP contribution >= 0.6 is 0 Å². The molecule has 0 aromatic heterocycles. The number of carbonyl (C=O) groups is 2. The van der Waals surface area contributed by atoms with Crippen LogP contribution in [-0.4, -0.2) is 17.4 Å². The van der Waals surface area contributed by atoms with Gasteiger partial charge in [-0.2, -0.15) is 0 Å². The Morgan fingerprint density at radius 1 is 0.923 bits per heavy atom. The molecule has 0 spiro atoms. The monoisotopic (exact) mass is 206 g/mol. The molecule has 0 bridgehead atoms. The number of aliphatic carboxylic acids is 2. The molecule has 64 valence electrons. The van der Waals surface area contributed by atoms with Crippen molar-refractivity contribution in [1.29, 1.82) is 0 Å². The van der Waals surface area contributed by atoms with Crippen LogP contribution in [0, 0.1) is 0 Å².